The van der Waals surface area contributed by atoms with Crippen LogP contribution in [-0.2, 0) is 4.79 Å². The second-order valence-electron chi connectivity index (χ2n) is 6.01. The van der Waals surface area contributed by atoms with Gasteiger partial charge in [-0.25, -0.2) is 0 Å². The Labute approximate surface area is 117 Å². The molecule has 0 aromatic heterocycles. The molecular formula is C15H30N2O2. The average Bonchev–Trinajstić information content (AvgIpc) is 2.81. The first kappa shape index (κ1) is 16.4. The van der Waals surface area contributed by atoms with Gasteiger partial charge in [-0.3, -0.25) is 4.79 Å². The van der Waals surface area contributed by atoms with E-state index in [1.54, 1.807) is 0 Å². The molecule has 0 saturated heterocycles. The molecule has 0 aromatic carbocycles. The summed E-state index contributed by atoms with van der Waals surface area (Å²) in [6.45, 7) is 7.30. The smallest absolute Gasteiger partial charge is 0.323 e. The molecule has 1 fully saturated rings. The van der Waals surface area contributed by atoms with E-state index in [-0.39, 0.29) is 0 Å². The Morgan fingerprint density at radius 1 is 1.47 bits per heavy atom. The van der Waals surface area contributed by atoms with Crippen molar-refractivity contribution < 1.29 is 9.90 Å². The molecule has 0 amide bonds. The normalized spacial score (nSPS) is 28.8. The predicted molar refractivity (Wildman–Crippen MR) is 78.4 cm³/mol. The van der Waals surface area contributed by atoms with Crippen LogP contribution >= 0.6 is 0 Å². The van der Waals surface area contributed by atoms with E-state index in [0.29, 0.717) is 12.1 Å². The highest BCUT2D eigenvalue weighted by molar-refractivity contribution is 5.79. The summed E-state index contributed by atoms with van der Waals surface area (Å²) >= 11 is 0. The molecule has 0 radical (unpaired) electrons. The monoisotopic (exact) mass is 270 g/mol. The summed E-state index contributed by atoms with van der Waals surface area (Å²) in [6.07, 6.45) is 5.78. The second-order valence-corrected chi connectivity index (χ2v) is 6.01. The van der Waals surface area contributed by atoms with Crippen LogP contribution in [-0.4, -0.2) is 47.2 Å². The largest absolute Gasteiger partial charge is 0.480 e. The van der Waals surface area contributed by atoms with E-state index in [4.69, 9.17) is 0 Å². The van der Waals surface area contributed by atoms with Crippen molar-refractivity contribution in [3.63, 3.8) is 0 Å². The quantitative estimate of drug-likeness (QED) is 0.711. The van der Waals surface area contributed by atoms with Gasteiger partial charge in [0, 0.05) is 12.1 Å². The van der Waals surface area contributed by atoms with Crippen LogP contribution in [0.15, 0.2) is 0 Å². The SMILES string of the molecule is CCCNC1(C(=O)O)CCC(N(C)C(C)CCC)C1. The van der Waals surface area contributed by atoms with Gasteiger partial charge in [0.2, 0.25) is 0 Å². The van der Waals surface area contributed by atoms with Crippen LogP contribution in [0.5, 0.6) is 0 Å². The molecule has 4 nitrogen and oxygen atoms in total. The van der Waals surface area contributed by atoms with Gasteiger partial charge in [0.25, 0.3) is 0 Å². The fourth-order valence-corrected chi connectivity index (χ4v) is 3.14. The summed E-state index contributed by atoms with van der Waals surface area (Å²) in [5, 5.41) is 12.8. The van der Waals surface area contributed by atoms with Crippen LogP contribution in [0.2, 0.25) is 0 Å². The Morgan fingerprint density at radius 2 is 2.16 bits per heavy atom. The van der Waals surface area contributed by atoms with Crippen LogP contribution in [0, 0.1) is 0 Å². The number of carboxylic acid groups (broad SMARTS) is 1. The number of nitrogens with zero attached hydrogens (tertiary/aromatic N) is 1. The highest BCUT2D eigenvalue weighted by Crippen LogP contribution is 2.34. The maximum absolute atomic E-state index is 11.6. The molecule has 3 atom stereocenters. The van der Waals surface area contributed by atoms with Gasteiger partial charge >= 0.3 is 5.97 Å². The molecule has 0 heterocycles. The molecule has 19 heavy (non-hydrogen) atoms. The first-order chi connectivity index (χ1) is 8.96. The minimum Gasteiger partial charge on any atom is -0.480 e. The van der Waals surface area contributed by atoms with Crippen LogP contribution in [0.4, 0.5) is 0 Å². The fourth-order valence-electron chi connectivity index (χ4n) is 3.14. The van der Waals surface area contributed by atoms with Crippen molar-refractivity contribution in [1.29, 1.82) is 0 Å². The summed E-state index contributed by atoms with van der Waals surface area (Å²) in [5.74, 6) is -0.681. The fraction of sp³-hybridized carbons (Fsp3) is 0.933. The maximum Gasteiger partial charge on any atom is 0.323 e. The molecule has 3 unspecified atom stereocenters. The first-order valence-corrected chi connectivity index (χ1v) is 7.67. The third kappa shape index (κ3) is 3.93. The Bertz CT molecular complexity index is 296. The zero-order chi connectivity index (χ0) is 14.5. The number of carboxylic acids is 1. The molecule has 2 N–H and O–H groups in total. The van der Waals surface area contributed by atoms with E-state index < -0.39 is 11.5 Å². The Hall–Kier alpha value is -0.610. The molecule has 112 valence electrons. The summed E-state index contributed by atoms with van der Waals surface area (Å²) < 4.78 is 0. The lowest BCUT2D eigenvalue weighted by atomic mass is 9.96. The zero-order valence-corrected chi connectivity index (χ0v) is 12.9. The van der Waals surface area contributed by atoms with E-state index in [2.05, 4.69) is 38.0 Å². The average molecular weight is 270 g/mol. The zero-order valence-electron chi connectivity index (χ0n) is 12.9. The lowest BCUT2D eigenvalue weighted by Crippen LogP contribution is -2.51. The Morgan fingerprint density at radius 3 is 2.68 bits per heavy atom. The standard InChI is InChI=1S/C15H30N2O2/c1-5-7-12(3)17(4)13-8-9-15(11-13,14(18)19)16-10-6-2/h12-13,16H,5-11H2,1-4H3,(H,18,19). The van der Waals surface area contributed by atoms with Gasteiger partial charge < -0.3 is 15.3 Å². The minimum atomic E-state index is -0.694. The highest BCUT2D eigenvalue weighted by atomic mass is 16.4. The van der Waals surface area contributed by atoms with Crippen molar-refractivity contribution in [2.24, 2.45) is 0 Å². The number of carbonyl (C=O) groups is 1. The summed E-state index contributed by atoms with van der Waals surface area (Å²) in [6, 6.07) is 0.924. The van der Waals surface area contributed by atoms with E-state index in [9.17, 15) is 9.90 Å². The number of hydrogen-bond donors (Lipinski definition) is 2. The van der Waals surface area contributed by atoms with Crippen molar-refractivity contribution in [2.75, 3.05) is 13.6 Å². The second kappa shape index (κ2) is 7.25. The maximum atomic E-state index is 11.6. The molecular weight excluding hydrogens is 240 g/mol. The van der Waals surface area contributed by atoms with Crippen LogP contribution < -0.4 is 5.32 Å². The van der Waals surface area contributed by atoms with Crippen LogP contribution in [0.1, 0.15) is 59.3 Å². The summed E-state index contributed by atoms with van der Waals surface area (Å²) in [5.41, 5.74) is -0.694. The molecule has 0 aromatic rings. The molecule has 0 bridgehead atoms. The molecule has 1 aliphatic carbocycles. The van der Waals surface area contributed by atoms with Crippen LogP contribution in [0.25, 0.3) is 0 Å². The number of rotatable bonds is 8. The molecule has 0 aliphatic heterocycles. The molecule has 0 spiro atoms. The number of nitrogens with one attached hydrogen (secondary N) is 1. The molecule has 1 rings (SSSR count). The molecule has 1 saturated carbocycles. The van der Waals surface area contributed by atoms with Crippen LogP contribution in [0.3, 0.4) is 0 Å². The van der Waals surface area contributed by atoms with Gasteiger partial charge in [-0.1, -0.05) is 20.3 Å². The van der Waals surface area contributed by atoms with E-state index in [1.165, 1.54) is 12.8 Å². The molecule has 1 aliphatic rings. The highest BCUT2D eigenvalue weighted by Gasteiger charge is 2.46. The van der Waals surface area contributed by atoms with Gasteiger partial charge in [-0.2, -0.15) is 0 Å². The first-order valence-electron chi connectivity index (χ1n) is 7.67. The van der Waals surface area contributed by atoms with E-state index in [1.807, 2.05) is 0 Å². The van der Waals surface area contributed by atoms with E-state index >= 15 is 0 Å². The predicted octanol–water partition coefficient (Wildman–Crippen LogP) is 2.48. The summed E-state index contributed by atoms with van der Waals surface area (Å²) in [4.78, 5) is 14.0. The van der Waals surface area contributed by atoms with Crippen molar-refractivity contribution >= 4 is 5.97 Å². The van der Waals surface area contributed by atoms with Gasteiger partial charge in [-0.05, 0) is 52.6 Å². The number of hydrogen-bond acceptors (Lipinski definition) is 3. The van der Waals surface area contributed by atoms with Gasteiger partial charge in [0.1, 0.15) is 5.54 Å². The third-order valence-electron chi connectivity index (χ3n) is 4.59. The lowest BCUT2D eigenvalue weighted by Gasteiger charge is -2.32. The van der Waals surface area contributed by atoms with Gasteiger partial charge in [0.15, 0.2) is 0 Å². The Balaban J connectivity index is 2.65. The minimum absolute atomic E-state index is 0.391. The third-order valence-corrected chi connectivity index (χ3v) is 4.59. The van der Waals surface area contributed by atoms with Gasteiger partial charge in [0.05, 0.1) is 0 Å². The Kier molecular flexibility index (Phi) is 6.27. The summed E-state index contributed by atoms with van der Waals surface area (Å²) in [7, 11) is 2.14. The number of aliphatic carboxylic acids is 1. The van der Waals surface area contributed by atoms with Crippen molar-refractivity contribution in [3.8, 4) is 0 Å². The lowest BCUT2D eigenvalue weighted by molar-refractivity contribution is -0.144. The van der Waals surface area contributed by atoms with Crippen molar-refractivity contribution in [2.45, 2.75) is 76.9 Å². The van der Waals surface area contributed by atoms with Crippen molar-refractivity contribution in [3.05, 3.63) is 0 Å². The van der Waals surface area contributed by atoms with E-state index in [0.717, 1.165) is 32.2 Å². The van der Waals surface area contributed by atoms with Crippen molar-refractivity contribution in [1.82, 2.24) is 10.2 Å². The topological polar surface area (TPSA) is 52.6 Å². The van der Waals surface area contributed by atoms with Gasteiger partial charge in [-0.15, -0.1) is 0 Å². The molecule has 4 heteroatoms.